The monoisotopic (exact) mass is 359 g/mol. The summed E-state index contributed by atoms with van der Waals surface area (Å²) >= 11 is 17.7. The van der Waals surface area contributed by atoms with Crippen LogP contribution in [-0.4, -0.2) is 15.7 Å². The van der Waals surface area contributed by atoms with Crippen LogP contribution in [0.1, 0.15) is 44.4 Å². The van der Waals surface area contributed by atoms with E-state index >= 15 is 0 Å². The molecule has 0 spiro atoms. The van der Waals surface area contributed by atoms with Gasteiger partial charge in [-0.1, -0.05) is 85.9 Å². The standard InChI is InChI=1S/C17H20Cl3NO/c1-5-13-10-14(22-15(21-13)17(18,19)20)11-6-8-12(9-7-11)16(2,3)4/h5-9,13-14H,1,10H2,2-4H3. The highest BCUT2D eigenvalue weighted by atomic mass is 35.6. The van der Waals surface area contributed by atoms with E-state index in [1.807, 2.05) is 0 Å². The number of rotatable bonds is 2. The maximum absolute atomic E-state index is 5.91. The Labute approximate surface area is 147 Å². The molecule has 0 fully saturated rings. The minimum atomic E-state index is -1.66. The van der Waals surface area contributed by atoms with E-state index in [4.69, 9.17) is 39.5 Å². The van der Waals surface area contributed by atoms with Gasteiger partial charge in [0.2, 0.25) is 5.90 Å². The van der Waals surface area contributed by atoms with Crippen molar-refractivity contribution in [3.05, 3.63) is 48.0 Å². The van der Waals surface area contributed by atoms with E-state index in [1.54, 1.807) is 6.08 Å². The number of aliphatic imine (C=N–C) groups is 1. The van der Waals surface area contributed by atoms with Crippen LogP contribution in [0.15, 0.2) is 41.9 Å². The van der Waals surface area contributed by atoms with Gasteiger partial charge in [-0.3, -0.25) is 0 Å². The second-order valence-electron chi connectivity index (χ2n) is 6.45. The van der Waals surface area contributed by atoms with Crippen molar-refractivity contribution in [2.75, 3.05) is 0 Å². The highest BCUT2D eigenvalue weighted by Gasteiger charge is 2.36. The van der Waals surface area contributed by atoms with E-state index in [2.05, 4.69) is 56.6 Å². The lowest BCUT2D eigenvalue weighted by Gasteiger charge is -2.30. The van der Waals surface area contributed by atoms with Crippen LogP contribution < -0.4 is 0 Å². The van der Waals surface area contributed by atoms with Crippen molar-refractivity contribution in [3.63, 3.8) is 0 Å². The van der Waals surface area contributed by atoms with Gasteiger partial charge in [0.1, 0.15) is 6.10 Å². The first-order valence-electron chi connectivity index (χ1n) is 7.16. The lowest BCUT2D eigenvalue weighted by molar-refractivity contribution is 0.155. The molecule has 2 atom stereocenters. The fraction of sp³-hybridized carbons (Fsp3) is 0.471. The summed E-state index contributed by atoms with van der Waals surface area (Å²) in [5, 5.41) is 0. The van der Waals surface area contributed by atoms with E-state index in [-0.39, 0.29) is 23.5 Å². The molecule has 2 nitrogen and oxygen atoms in total. The van der Waals surface area contributed by atoms with Crippen molar-refractivity contribution in [1.29, 1.82) is 0 Å². The van der Waals surface area contributed by atoms with Crippen LogP contribution >= 0.6 is 34.8 Å². The first-order valence-corrected chi connectivity index (χ1v) is 8.29. The predicted molar refractivity (Wildman–Crippen MR) is 95.3 cm³/mol. The fourth-order valence-corrected chi connectivity index (χ4v) is 2.61. The van der Waals surface area contributed by atoms with Crippen molar-refractivity contribution in [3.8, 4) is 0 Å². The van der Waals surface area contributed by atoms with Gasteiger partial charge in [0, 0.05) is 6.42 Å². The molecule has 0 saturated heterocycles. The Bertz CT molecular complexity index is 567. The second-order valence-corrected chi connectivity index (χ2v) is 8.73. The van der Waals surface area contributed by atoms with Crippen molar-refractivity contribution in [2.24, 2.45) is 4.99 Å². The van der Waals surface area contributed by atoms with Crippen LogP contribution in [-0.2, 0) is 10.2 Å². The third-order valence-corrected chi connectivity index (χ3v) is 4.14. The number of hydrogen-bond acceptors (Lipinski definition) is 2. The summed E-state index contributed by atoms with van der Waals surface area (Å²) in [6.07, 6.45) is 2.23. The molecule has 1 aromatic carbocycles. The average Bonchev–Trinajstić information content (AvgIpc) is 2.45. The van der Waals surface area contributed by atoms with E-state index < -0.39 is 3.79 Å². The van der Waals surface area contributed by atoms with Crippen LogP contribution in [0.4, 0.5) is 0 Å². The number of alkyl halides is 3. The van der Waals surface area contributed by atoms with E-state index in [9.17, 15) is 0 Å². The molecule has 0 saturated carbocycles. The Balaban J connectivity index is 2.26. The highest BCUT2D eigenvalue weighted by Crippen LogP contribution is 2.37. The molecule has 120 valence electrons. The maximum atomic E-state index is 5.91. The molecular formula is C17H20Cl3NO. The van der Waals surface area contributed by atoms with Gasteiger partial charge in [-0.2, -0.15) is 0 Å². The van der Waals surface area contributed by atoms with Crippen LogP contribution in [0.5, 0.6) is 0 Å². The molecule has 2 rings (SSSR count). The topological polar surface area (TPSA) is 21.6 Å². The zero-order valence-electron chi connectivity index (χ0n) is 12.9. The molecule has 1 aliphatic heterocycles. The molecule has 0 amide bonds. The summed E-state index contributed by atoms with van der Waals surface area (Å²) in [4.78, 5) is 4.28. The summed E-state index contributed by atoms with van der Waals surface area (Å²) in [6.45, 7) is 10.3. The summed E-state index contributed by atoms with van der Waals surface area (Å²) in [5.41, 5.74) is 2.42. The quantitative estimate of drug-likeness (QED) is 0.484. The van der Waals surface area contributed by atoms with E-state index in [0.717, 1.165) is 5.56 Å². The lowest BCUT2D eigenvalue weighted by atomic mass is 9.86. The predicted octanol–water partition coefficient (Wildman–Crippen LogP) is 5.77. The Morgan fingerprint density at radius 1 is 1.18 bits per heavy atom. The molecule has 2 unspecified atom stereocenters. The van der Waals surface area contributed by atoms with Gasteiger partial charge in [-0.05, 0) is 16.5 Å². The normalized spacial score (nSPS) is 22.7. The van der Waals surface area contributed by atoms with Crippen molar-refractivity contribution in [2.45, 2.75) is 48.5 Å². The second kappa shape index (κ2) is 6.43. The third kappa shape index (κ3) is 4.18. The molecule has 0 aliphatic carbocycles. The maximum Gasteiger partial charge on any atom is 0.266 e. The van der Waals surface area contributed by atoms with Crippen LogP contribution in [0.25, 0.3) is 0 Å². The number of hydrogen-bond donors (Lipinski definition) is 0. The smallest absolute Gasteiger partial charge is 0.266 e. The van der Waals surface area contributed by atoms with Gasteiger partial charge in [0.15, 0.2) is 0 Å². The SMILES string of the molecule is C=CC1CC(c2ccc(C(C)(C)C)cc2)OC(C(Cl)(Cl)Cl)=N1. The summed E-state index contributed by atoms with van der Waals surface area (Å²) in [7, 11) is 0. The Morgan fingerprint density at radius 3 is 2.23 bits per heavy atom. The number of ether oxygens (including phenoxy) is 1. The Hall–Kier alpha value is -0.700. The molecule has 1 aliphatic rings. The molecule has 1 aromatic rings. The lowest BCUT2D eigenvalue weighted by Crippen LogP contribution is -2.31. The molecule has 0 N–H and O–H groups in total. The first kappa shape index (κ1) is 17.7. The molecule has 0 aromatic heterocycles. The first-order chi connectivity index (χ1) is 10.1. The summed E-state index contributed by atoms with van der Waals surface area (Å²) in [5.74, 6) is 0.124. The molecular weight excluding hydrogens is 341 g/mol. The van der Waals surface area contributed by atoms with Crippen LogP contribution in [0.3, 0.4) is 0 Å². The minimum absolute atomic E-state index is 0.111. The number of benzene rings is 1. The van der Waals surface area contributed by atoms with Crippen LogP contribution in [0, 0.1) is 0 Å². The van der Waals surface area contributed by atoms with Gasteiger partial charge < -0.3 is 4.74 Å². The fourth-order valence-electron chi connectivity index (χ4n) is 2.33. The van der Waals surface area contributed by atoms with Crippen LogP contribution in [0.2, 0.25) is 0 Å². The molecule has 0 bridgehead atoms. The number of halogens is 3. The molecule has 0 radical (unpaired) electrons. The Kier molecular flexibility index (Phi) is 5.16. The summed E-state index contributed by atoms with van der Waals surface area (Å²) < 4.78 is 4.14. The van der Waals surface area contributed by atoms with E-state index in [0.29, 0.717) is 6.42 Å². The third-order valence-electron chi connectivity index (χ3n) is 3.66. The molecule has 1 heterocycles. The van der Waals surface area contributed by atoms with Gasteiger partial charge in [0.25, 0.3) is 3.79 Å². The number of nitrogens with zero attached hydrogens (tertiary/aromatic N) is 1. The van der Waals surface area contributed by atoms with E-state index in [1.165, 1.54) is 5.56 Å². The van der Waals surface area contributed by atoms with Crippen molar-refractivity contribution < 1.29 is 4.74 Å². The van der Waals surface area contributed by atoms with Crippen molar-refractivity contribution >= 4 is 40.7 Å². The summed E-state index contributed by atoms with van der Waals surface area (Å²) in [6, 6.07) is 8.23. The molecule has 5 heteroatoms. The Morgan fingerprint density at radius 2 is 1.77 bits per heavy atom. The van der Waals surface area contributed by atoms with Gasteiger partial charge in [-0.25, -0.2) is 4.99 Å². The van der Waals surface area contributed by atoms with Gasteiger partial charge >= 0.3 is 0 Å². The average molecular weight is 361 g/mol. The van der Waals surface area contributed by atoms with Gasteiger partial charge in [0.05, 0.1) is 6.04 Å². The zero-order chi connectivity index (χ0) is 16.5. The largest absolute Gasteiger partial charge is 0.470 e. The zero-order valence-corrected chi connectivity index (χ0v) is 15.2. The molecule has 22 heavy (non-hydrogen) atoms. The minimum Gasteiger partial charge on any atom is -0.470 e. The van der Waals surface area contributed by atoms with Crippen molar-refractivity contribution in [1.82, 2.24) is 0 Å². The highest BCUT2D eigenvalue weighted by molar-refractivity contribution is 6.76. The van der Waals surface area contributed by atoms with Gasteiger partial charge in [-0.15, -0.1) is 6.58 Å².